The summed E-state index contributed by atoms with van der Waals surface area (Å²) in [6.45, 7) is -0.308. The number of Topliss-reactive ketones (excluding diaryl/α,β-unsaturated/α-hetero) is 1. The van der Waals surface area contributed by atoms with E-state index in [1.807, 2.05) is 0 Å². The average Bonchev–Trinajstić information content (AvgIpc) is 3.28. The number of aliphatic hydroxyl groups excluding tert-OH is 1. The number of fused-ring (bicyclic) bond motifs is 1. The molecule has 8 nitrogen and oxygen atoms in total. The summed E-state index contributed by atoms with van der Waals surface area (Å²) < 4.78 is 49.2. The second-order valence-electron chi connectivity index (χ2n) is 8.26. The lowest BCUT2D eigenvalue weighted by molar-refractivity contribution is 0.0969. The second kappa shape index (κ2) is 10.8. The fourth-order valence-electron chi connectivity index (χ4n) is 3.92. The van der Waals surface area contributed by atoms with E-state index in [9.17, 15) is 22.7 Å². The fourth-order valence-corrected chi connectivity index (χ4v) is 4.76. The van der Waals surface area contributed by atoms with Gasteiger partial charge in [-0.1, -0.05) is 17.7 Å². The SMILES string of the molecule is COc1cc(NC(C(=O)c2c[nH]c3cc(F)ccc23)c2ccc(Cl)cc2OCCO)cc(S(C)(=O)=O)c1. The average molecular weight is 547 g/mol. The number of sulfone groups is 1. The smallest absolute Gasteiger partial charge is 0.191 e. The van der Waals surface area contributed by atoms with Crippen molar-refractivity contribution in [1.29, 1.82) is 0 Å². The van der Waals surface area contributed by atoms with Crippen molar-refractivity contribution in [3.63, 3.8) is 0 Å². The topological polar surface area (TPSA) is 118 Å². The molecule has 37 heavy (non-hydrogen) atoms. The molecule has 0 radical (unpaired) electrons. The molecule has 0 aliphatic carbocycles. The molecule has 1 aromatic heterocycles. The summed E-state index contributed by atoms with van der Waals surface area (Å²) in [6.07, 6.45) is 2.55. The van der Waals surface area contributed by atoms with E-state index in [2.05, 4.69) is 10.3 Å². The zero-order valence-corrected chi connectivity index (χ0v) is 21.5. The first-order valence-corrected chi connectivity index (χ1v) is 13.4. The number of anilines is 1. The van der Waals surface area contributed by atoms with Crippen LogP contribution in [0.5, 0.6) is 11.5 Å². The number of carbonyl (C=O) groups excluding carboxylic acids is 1. The molecule has 0 saturated heterocycles. The first-order valence-electron chi connectivity index (χ1n) is 11.1. The highest BCUT2D eigenvalue weighted by Gasteiger charge is 2.28. The van der Waals surface area contributed by atoms with Crippen molar-refractivity contribution in [3.05, 3.63) is 82.8 Å². The van der Waals surface area contributed by atoms with E-state index in [4.69, 9.17) is 21.1 Å². The maximum absolute atomic E-state index is 14.0. The Kier molecular flexibility index (Phi) is 7.72. The summed E-state index contributed by atoms with van der Waals surface area (Å²) in [6, 6.07) is 12.0. The van der Waals surface area contributed by atoms with E-state index in [0.29, 0.717) is 27.2 Å². The van der Waals surface area contributed by atoms with Gasteiger partial charge in [0.25, 0.3) is 0 Å². The third kappa shape index (κ3) is 5.87. The van der Waals surface area contributed by atoms with Crippen LogP contribution in [0.2, 0.25) is 5.02 Å². The van der Waals surface area contributed by atoms with Gasteiger partial charge in [-0.05, 0) is 42.5 Å². The minimum atomic E-state index is -3.60. The van der Waals surface area contributed by atoms with E-state index in [-0.39, 0.29) is 35.2 Å². The summed E-state index contributed by atoms with van der Waals surface area (Å²) in [7, 11) is -2.19. The van der Waals surface area contributed by atoms with Crippen LogP contribution in [0.15, 0.2) is 65.7 Å². The highest BCUT2D eigenvalue weighted by Crippen LogP contribution is 2.36. The van der Waals surface area contributed by atoms with E-state index in [0.717, 1.165) is 6.26 Å². The molecule has 0 saturated carbocycles. The van der Waals surface area contributed by atoms with Crippen LogP contribution >= 0.6 is 11.6 Å². The quantitative estimate of drug-likeness (QED) is 0.245. The summed E-state index contributed by atoms with van der Waals surface area (Å²) in [5.41, 5.74) is 1.41. The van der Waals surface area contributed by atoms with Crippen LogP contribution in [0.4, 0.5) is 10.1 Å². The number of aromatic amines is 1. The van der Waals surface area contributed by atoms with Crippen molar-refractivity contribution < 1.29 is 32.2 Å². The fraction of sp³-hybridized carbons (Fsp3) is 0.192. The molecular formula is C26H24ClFN2O6S. The van der Waals surface area contributed by atoms with Crippen LogP contribution in [-0.2, 0) is 9.84 Å². The lowest BCUT2D eigenvalue weighted by atomic mass is 9.95. The van der Waals surface area contributed by atoms with Crippen molar-refractivity contribution in [2.75, 3.05) is 31.9 Å². The first-order chi connectivity index (χ1) is 17.6. The van der Waals surface area contributed by atoms with Gasteiger partial charge in [-0.3, -0.25) is 4.79 Å². The van der Waals surface area contributed by atoms with Gasteiger partial charge in [-0.25, -0.2) is 12.8 Å². The third-order valence-corrected chi connectivity index (χ3v) is 6.99. The highest BCUT2D eigenvalue weighted by atomic mass is 35.5. The predicted octanol–water partition coefficient (Wildman–Crippen LogP) is 4.78. The normalized spacial score (nSPS) is 12.4. The van der Waals surface area contributed by atoms with Crippen LogP contribution in [0.3, 0.4) is 0 Å². The minimum Gasteiger partial charge on any atom is -0.497 e. The van der Waals surface area contributed by atoms with Gasteiger partial charge >= 0.3 is 0 Å². The number of ketones is 1. The molecule has 0 spiro atoms. The first kappa shape index (κ1) is 26.5. The van der Waals surface area contributed by atoms with Gasteiger partial charge in [-0.2, -0.15) is 0 Å². The summed E-state index contributed by atoms with van der Waals surface area (Å²) in [4.78, 5) is 16.9. The Morgan fingerprint density at radius 2 is 1.95 bits per heavy atom. The Balaban J connectivity index is 1.87. The van der Waals surface area contributed by atoms with Crippen LogP contribution in [-0.4, -0.2) is 50.9 Å². The molecule has 0 aliphatic heterocycles. The number of benzene rings is 3. The number of H-pyrrole nitrogens is 1. The molecule has 3 N–H and O–H groups in total. The van der Waals surface area contributed by atoms with Gasteiger partial charge in [-0.15, -0.1) is 0 Å². The second-order valence-corrected chi connectivity index (χ2v) is 10.7. The van der Waals surface area contributed by atoms with Gasteiger partial charge in [0.15, 0.2) is 15.6 Å². The van der Waals surface area contributed by atoms with Gasteiger partial charge in [0, 0.05) is 51.3 Å². The van der Waals surface area contributed by atoms with E-state index >= 15 is 0 Å². The maximum Gasteiger partial charge on any atom is 0.191 e. The van der Waals surface area contributed by atoms with Crippen molar-refractivity contribution >= 4 is 43.8 Å². The standard InChI is InChI=1S/C26H24ClFN2O6S/c1-35-18-11-17(12-19(13-18)37(2,33)34)30-25(21-5-3-15(27)9-24(21)36-8-7-31)26(32)22-14-29-23-10-16(28)4-6-20(22)23/h3-6,9-14,25,29-31H,7-8H2,1-2H3. The van der Waals surface area contributed by atoms with E-state index in [1.54, 1.807) is 18.2 Å². The Labute approximate surface area is 217 Å². The van der Waals surface area contributed by atoms with Crippen LogP contribution in [0.25, 0.3) is 10.9 Å². The summed E-state index contributed by atoms with van der Waals surface area (Å²) in [5.74, 6) is -0.334. The van der Waals surface area contributed by atoms with Crippen molar-refractivity contribution in [2.45, 2.75) is 10.9 Å². The lowest BCUT2D eigenvalue weighted by Gasteiger charge is -2.23. The number of halogens is 2. The number of nitrogens with one attached hydrogen (secondary N) is 2. The van der Waals surface area contributed by atoms with E-state index < -0.39 is 27.5 Å². The van der Waals surface area contributed by atoms with Gasteiger partial charge in [0.2, 0.25) is 0 Å². The minimum absolute atomic E-state index is 0.00372. The summed E-state index contributed by atoms with van der Waals surface area (Å²) in [5, 5.41) is 13.3. The molecule has 0 bridgehead atoms. The number of hydrogen-bond acceptors (Lipinski definition) is 7. The van der Waals surface area contributed by atoms with Crippen molar-refractivity contribution in [3.8, 4) is 11.5 Å². The maximum atomic E-state index is 14.0. The number of aliphatic hydroxyl groups is 1. The van der Waals surface area contributed by atoms with Crippen LogP contribution < -0.4 is 14.8 Å². The van der Waals surface area contributed by atoms with Gasteiger partial charge < -0.3 is 24.9 Å². The molecule has 11 heteroatoms. The highest BCUT2D eigenvalue weighted by molar-refractivity contribution is 7.90. The molecule has 4 rings (SSSR count). The van der Waals surface area contributed by atoms with Gasteiger partial charge in [0.1, 0.15) is 30.0 Å². The lowest BCUT2D eigenvalue weighted by Crippen LogP contribution is -2.22. The molecule has 4 aromatic rings. The molecule has 0 fully saturated rings. The zero-order chi connectivity index (χ0) is 26.7. The number of carbonyl (C=O) groups is 1. The number of ether oxygens (including phenoxy) is 2. The largest absolute Gasteiger partial charge is 0.497 e. The number of hydrogen-bond donors (Lipinski definition) is 3. The third-order valence-electron chi connectivity index (χ3n) is 5.66. The molecule has 3 aromatic carbocycles. The molecule has 1 unspecified atom stereocenters. The monoisotopic (exact) mass is 546 g/mol. The number of rotatable bonds is 10. The molecular weight excluding hydrogens is 523 g/mol. The number of methoxy groups -OCH3 is 1. The van der Waals surface area contributed by atoms with Crippen LogP contribution in [0.1, 0.15) is 22.0 Å². The van der Waals surface area contributed by atoms with Crippen LogP contribution in [0, 0.1) is 5.82 Å². The Hall–Kier alpha value is -3.60. The Morgan fingerprint density at radius 3 is 2.65 bits per heavy atom. The molecule has 0 aliphatic rings. The van der Waals surface area contributed by atoms with E-state index in [1.165, 1.54) is 49.7 Å². The molecule has 0 amide bonds. The Morgan fingerprint density at radius 1 is 1.16 bits per heavy atom. The van der Waals surface area contributed by atoms with Crippen molar-refractivity contribution in [1.82, 2.24) is 4.98 Å². The molecule has 1 heterocycles. The number of aromatic nitrogens is 1. The Bertz CT molecular complexity index is 1570. The zero-order valence-electron chi connectivity index (χ0n) is 19.9. The molecule has 1 atom stereocenters. The summed E-state index contributed by atoms with van der Waals surface area (Å²) >= 11 is 6.17. The predicted molar refractivity (Wildman–Crippen MR) is 139 cm³/mol. The van der Waals surface area contributed by atoms with Crippen molar-refractivity contribution in [2.24, 2.45) is 0 Å². The van der Waals surface area contributed by atoms with Gasteiger partial charge in [0.05, 0.1) is 18.6 Å². The molecule has 194 valence electrons.